The molecule has 5 heteroatoms. The van der Waals surface area contributed by atoms with E-state index in [1.807, 2.05) is 37.3 Å². The molecule has 3 fully saturated rings. The van der Waals surface area contributed by atoms with E-state index in [4.69, 9.17) is 9.47 Å². The molecule has 6 aliphatic rings. The van der Waals surface area contributed by atoms with Gasteiger partial charge in [0.15, 0.2) is 5.78 Å². The number of ether oxygens (including phenoxy) is 2. The van der Waals surface area contributed by atoms with E-state index in [1.165, 1.54) is 24.0 Å². The fourth-order valence-electron chi connectivity index (χ4n) is 13.4. The number of rotatable bonds is 7. The summed E-state index contributed by atoms with van der Waals surface area (Å²) >= 11 is 0. The number of Topliss-reactive ketones (excluding diaryl/α,β-unsaturated/α-hetero) is 1. The molecule has 0 aromatic heterocycles. The molecule has 0 spiro atoms. The van der Waals surface area contributed by atoms with Crippen molar-refractivity contribution in [3.05, 3.63) is 70.3 Å². The highest BCUT2D eigenvalue weighted by Gasteiger charge is 2.70. The molecule has 1 aromatic rings. The number of fused-ring (bicyclic) bond motifs is 7. The molecule has 0 saturated heterocycles. The zero-order valence-electron chi connectivity index (χ0n) is 32.7. The first-order valence-corrected chi connectivity index (χ1v) is 20.2. The summed E-state index contributed by atoms with van der Waals surface area (Å²) in [7, 11) is 0. The van der Waals surface area contributed by atoms with Crippen molar-refractivity contribution >= 4 is 17.7 Å². The van der Waals surface area contributed by atoms with Crippen LogP contribution in [0, 0.1) is 56.7 Å². The average molecular weight is 695 g/mol. The van der Waals surface area contributed by atoms with Crippen LogP contribution in [0.4, 0.5) is 0 Å². The second-order valence-corrected chi connectivity index (χ2v) is 18.8. The number of carbonyl (C=O) groups is 3. The van der Waals surface area contributed by atoms with Crippen LogP contribution in [0.2, 0.25) is 0 Å². The Kier molecular flexibility index (Phi) is 9.19. The lowest BCUT2D eigenvalue weighted by atomic mass is 9.33. The minimum Gasteiger partial charge on any atom is -0.466 e. The Balaban J connectivity index is 1.19. The Bertz CT molecular complexity index is 1680. The van der Waals surface area contributed by atoms with Crippen molar-refractivity contribution < 1.29 is 23.9 Å². The van der Waals surface area contributed by atoms with Crippen molar-refractivity contribution in [1.29, 1.82) is 0 Å². The van der Waals surface area contributed by atoms with Gasteiger partial charge in [0.25, 0.3) is 0 Å². The van der Waals surface area contributed by atoms with Gasteiger partial charge in [-0.2, -0.15) is 0 Å². The number of hydrogen-bond donors (Lipinski definition) is 0. The minimum absolute atomic E-state index is 0.00462. The quantitative estimate of drug-likeness (QED) is 0.266. The lowest BCUT2D eigenvalue weighted by Crippen LogP contribution is -2.64. The Labute approximate surface area is 307 Å². The van der Waals surface area contributed by atoms with Crippen molar-refractivity contribution in [2.45, 2.75) is 133 Å². The van der Waals surface area contributed by atoms with Gasteiger partial charge in [0.1, 0.15) is 6.61 Å². The Morgan fingerprint density at radius 1 is 0.863 bits per heavy atom. The predicted molar refractivity (Wildman–Crippen MR) is 201 cm³/mol. The normalized spacial score (nSPS) is 38.5. The highest BCUT2D eigenvalue weighted by molar-refractivity contribution is 6.06. The lowest BCUT2D eigenvalue weighted by molar-refractivity contribution is -0.202. The number of allylic oxidation sites excluding steroid dienone is 5. The summed E-state index contributed by atoms with van der Waals surface area (Å²) in [5.74, 6) is 1.35. The van der Waals surface area contributed by atoms with Crippen molar-refractivity contribution in [3.8, 4) is 0 Å². The van der Waals surface area contributed by atoms with Crippen LogP contribution in [-0.2, 0) is 30.5 Å². The Hall–Kier alpha value is -2.95. The van der Waals surface area contributed by atoms with Crippen LogP contribution in [0.15, 0.2) is 64.8 Å². The van der Waals surface area contributed by atoms with Crippen LogP contribution in [0.3, 0.4) is 0 Å². The molecule has 1 aromatic carbocycles. The molecule has 1 unspecified atom stereocenters. The van der Waals surface area contributed by atoms with Gasteiger partial charge in [-0.05, 0) is 144 Å². The number of esters is 2. The van der Waals surface area contributed by atoms with Crippen molar-refractivity contribution in [2.75, 3.05) is 6.61 Å². The molecule has 276 valence electrons. The summed E-state index contributed by atoms with van der Waals surface area (Å²) in [6, 6.07) is 9.92. The SMILES string of the molecule is CCOC(=O)C1CC=C(C2=CC[C@]3(C)[C@H]4CC[C@@H]5C6=C(C(C)C)C(=O)C[C@]6(C(=O)OCc6ccccc6)CC[C@@]5(C)[C@]4(C)CC[C@H]3C2(C)C)CC1. The van der Waals surface area contributed by atoms with E-state index in [-0.39, 0.29) is 70.2 Å². The summed E-state index contributed by atoms with van der Waals surface area (Å²) < 4.78 is 11.5. The minimum atomic E-state index is -0.829. The zero-order chi connectivity index (χ0) is 36.6. The maximum atomic E-state index is 14.3. The Morgan fingerprint density at radius 3 is 2.27 bits per heavy atom. The summed E-state index contributed by atoms with van der Waals surface area (Å²) in [4.78, 5) is 40.8. The van der Waals surface area contributed by atoms with E-state index in [2.05, 4.69) is 60.6 Å². The van der Waals surface area contributed by atoms with E-state index >= 15 is 0 Å². The van der Waals surface area contributed by atoms with Gasteiger partial charge in [0.2, 0.25) is 0 Å². The third-order valence-corrected chi connectivity index (χ3v) is 16.0. The van der Waals surface area contributed by atoms with E-state index in [1.54, 1.807) is 0 Å². The highest BCUT2D eigenvalue weighted by Crippen LogP contribution is 2.77. The molecule has 51 heavy (non-hydrogen) atoms. The van der Waals surface area contributed by atoms with Gasteiger partial charge in [-0.25, -0.2) is 0 Å². The Morgan fingerprint density at radius 2 is 1.61 bits per heavy atom. The molecule has 5 nitrogen and oxygen atoms in total. The number of hydrogen-bond acceptors (Lipinski definition) is 5. The molecular formula is C46H62O5. The molecule has 0 amide bonds. The van der Waals surface area contributed by atoms with Crippen molar-refractivity contribution in [2.24, 2.45) is 56.7 Å². The fraction of sp³-hybridized carbons (Fsp3) is 0.674. The second kappa shape index (κ2) is 12.9. The van der Waals surface area contributed by atoms with Gasteiger partial charge in [-0.3, -0.25) is 14.4 Å². The molecular weight excluding hydrogens is 633 g/mol. The van der Waals surface area contributed by atoms with Crippen LogP contribution in [0.25, 0.3) is 0 Å². The van der Waals surface area contributed by atoms with Crippen molar-refractivity contribution in [3.63, 3.8) is 0 Å². The van der Waals surface area contributed by atoms with Gasteiger partial charge in [-0.15, -0.1) is 0 Å². The third kappa shape index (κ3) is 5.39. The summed E-state index contributed by atoms with van der Waals surface area (Å²) in [5.41, 5.74) is 5.52. The van der Waals surface area contributed by atoms with Gasteiger partial charge in [0, 0.05) is 6.42 Å². The van der Waals surface area contributed by atoms with Crippen LogP contribution < -0.4 is 0 Å². The molecule has 0 radical (unpaired) electrons. The van der Waals surface area contributed by atoms with Gasteiger partial charge in [-0.1, -0.05) is 91.0 Å². The van der Waals surface area contributed by atoms with E-state index < -0.39 is 5.41 Å². The zero-order valence-corrected chi connectivity index (χ0v) is 32.7. The molecule has 7 rings (SSSR count). The van der Waals surface area contributed by atoms with Gasteiger partial charge < -0.3 is 9.47 Å². The van der Waals surface area contributed by atoms with E-state index in [9.17, 15) is 14.4 Å². The largest absolute Gasteiger partial charge is 0.466 e. The average Bonchev–Trinajstić information content (AvgIpc) is 3.41. The van der Waals surface area contributed by atoms with Crippen molar-refractivity contribution in [1.82, 2.24) is 0 Å². The summed E-state index contributed by atoms with van der Waals surface area (Å²) in [6.45, 7) is 19.6. The van der Waals surface area contributed by atoms with E-state index in [0.29, 0.717) is 24.9 Å². The molecule has 8 atom stereocenters. The second-order valence-electron chi connectivity index (χ2n) is 18.8. The molecule has 0 bridgehead atoms. The topological polar surface area (TPSA) is 69.7 Å². The predicted octanol–water partition coefficient (Wildman–Crippen LogP) is 10.5. The summed E-state index contributed by atoms with van der Waals surface area (Å²) in [6.07, 6.45) is 15.1. The standard InChI is InChI=1S/C46H62O5/c1-9-50-40(48)32-17-15-31(16-18-32)33-21-23-43(6)36(42(33,4)5)22-24-45(8)37(43)20-19-34-39-38(29(2)3)35(47)27-46(39,26-25-44(34,45)7)41(49)51-28-30-13-11-10-12-14-30/h10-15,21,29,32,34,36-37H,9,16-20,22-28H2,1-8H3/t32?,34-,36+,37-,43+,44-,45-,46-/m1/s1. The van der Waals surface area contributed by atoms with E-state index in [0.717, 1.165) is 61.7 Å². The van der Waals surface area contributed by atoms with Crippen LogP contribution >= 0.6 is 0 Å². The molecule has 0 N–H and O–H groups in total. The van der Waals surface area contributed by atoms with Gasteiger partial charge in [0.05, 0.1) is 17.9 Å². The van der Waals surface area contributed by atoms with Gasteiger partial charge >= 0.3 is 11.9 Å². The maximum absolute atomic E-state index is 14.3. The fourth-order valence-corrected chi connectivity index (χ4v) is 13.4. The first kappa shape index (κ1) is 36.4. The first-order chi connectivity index (χ1) is 24.1. The van der Waals surface area contributed by atoms with Crippen LogP contribution in [0.5, 0.6) is 0 Å². The summed E-state index contributed by atoms with van der Waals surface area (Å²) in [5, 5.41) is 0. The molecule has 6 aliphatic carbocycles. The molecule has 0 aliphatic heterocycles. The highest BCUT2D eigenvalue weighted by atomic mass is 16.5. The smallest absolute Gasteiger partial charge is 0.317 e. The van der Waals surface area contributed by atoms with Crippen LogP contribution in [0.1, 0.15) is 132 Å². The number of benzene rings is 1. The monoisotopic (exact) mass is 694 g/mol. The maximum Gasteiger partial charge on any atom is 0.317 e. The third-order valence-electron chi connectivity index (χ3n) is 16.0. The number of ketones is 1. The molecule has 0 heterocycles. The lowest BCUT2D eigenvalue weighted by Gasteiger charge is -2.71. The first-order valence-electron chi connectivity index (χ1n) is 20.2. The number of carbonyl (C=O) groups excluding carboxylic acids is 3. The molecule has 3 saturated carbocycles. The van der Waals surface area contributed by atoms with Crippen LogP contribution in [-0.4, -0.2) is 24.3 Å².